The van der Waals surface area contributed by atoms with Crippen molar-refractivity contribution in [1.82, 2.24) is 4.90 Å². The molecule has 0 bridgehead atoms. The van der Waals surface area contributed by atoms with Crippen LogP contribution in [0.2, 0.25) is 0 Å². The lowest BCUT2D eigenvalue weighted by molar-refractivity contribution is -0.119. The van der Waals surface area contributed by atoms with Crippen molar-refractivity contribution in [2.24, 2.45) is 0 Å². The smallest absolute Gasteiger partial charge is 0.164 e. The van der Waals surface area contributed by atoms with Gasteiger partial charge in [-0.2, -0.15) is 0 Å². The molecular formula is C10H15NO2. The molecule has 0 aromatic carbocycles. The molecule has 1 saturated heterocycles. The molecule has 0 aromatic rings. The molecule has 0 atom stereocenters. The molecule has 0 spiro atoms. The fourth-order valence-electron chi connectivity index (χ4n) is 1.48. The lowest BCUT2D eigenvalue weighted by Gasteiger charge is -2.12. The van der Waals surface area contributed by atoms with Crippen molar-refractivity contribution in [2.45, 2.75) is 26.7 Å². The van der Waals surface area contributed by atoms with Gasteiger partial charge in [0.25, 0.3) is 0 Å². The molecule has 1 heterocycles. The molecule has 0 saturated carbocycles. The van der Waals surface area contributed by atoms with E-state index >= 15 is 0 Å². The molecule has 1 aliphatic rings. The highest BCUT2D eigenvalue weighted by Gasteiger charge is 2.14. The molecule has 3 nitrogen and oxygen atoms in total. The highest BCUT2D eigenvalue weighted by atomic mass is 16.1. The van der Waals surface area contributed by atoms with E-state index in [0.29, 0.717) is 5.57 Å². The van der Waals surface area contributed by atoms with Gasteiger partial charge in [0.1, 0.15) is 0 Å². The molecule has 1 rings (SSSR count). The summed E-state index contributed by atoms with van der Waals surface area (Å²) < 4.78 is 0. The fraction of sp³-hybridized carbons (Fsp3) is 0.600. The number of Topliss-reactive ketones (excluding diaryl/α,β-unsaturated/α-hetero) is 2. The Hall–Kier alpha value is -1.12. The van der Waals surface area contributed by atoms with Crippen molar-refractivity contribution in [2.75, 3.05) is 13.1 Å². The average molecular weight is 181 g/mol. The Morgan fingerprint density at radius 1 is 1.08 bits per heavy atom. The topological polar surface area (TPSA) is 37.4 Å². The van der Waals surface area contributed by atoms with Crippen molar-refractivity contribution < 1.29 is 9.59 Å². The average Bonchev–Trinajstić information content (AvgIpc) is 2.50. The molecule has 0 unspecified atom stereocenters. The van der Waals surface area contributed by atoms with Crippen LogP contribution in [-0.4, -0.2) is 29.6 Å². The van der Waals surface area contributed by atoms with Gasteiger partial charge in [0.2, 0.25) is 0 Å². The summed E-state index contributed by atoms with van der Waals surface area (Å²) in [6.45, 7) is 4.79. The van der Waals surface area contributed by atoms with Crippen molar-refractivity contribution in [3.05, 3.63) is 11.8 Å². The zero-order valence-corrected chi connectivity index (χ0v) is 8.17. The number of hydrogen-bond donors (Lipinski definition) is 0. The first-order valence-corrected chi connectivity index (χ1v) is 4.59. The highest BCUT2D eigenvalue weighted by Crippen LogP contribution is 2.10. The van der Waals surface area contributed by atoms with Gasteiger partial charge in [-0.15, -0.1) is 0 Å². The Balaban J connectivity index is 2.73. The molecule has 0 amide bonds. The van der Waals surface area contributed by atoms with Crippen LogP contribution in [0.4, 0.5) is 0 Å². The monoisotopic (exact) mass is 181 g/mol. The number of rotatable bonds is 3. The summed E-state index contributed by atoms with van der Waals surface area (Å²) in [5.41, 5.74) is 0.321. The summed E-state index contributed by atoms with van der Waals surface area (Å²) in [5, 5.41) is 0. The number of hydrogen-bond acceptors (Lipinski definition) is 3. The fourth-order valence-corrected chi connectivity index (χ4v) is 1.48. The van der Waals surface area contributed by atoms with E-state index in [9.17, 15) is 9.59 Å². The van der Waals surface area contributed by atoms with E-state index in [0.717, 1.165) is 25.9 Å². The lowest BCUT2D eigenvalue weighted by atomic mass is 10.1. The third-order valence-corrected chi connectivity index (χ3v) is 2.21. The van der Waals surface area contributed by atoms with Crippen LogP contribution in [0.3, 0.4) is 0 Å². The van der Waals surface area contributed by atoms with E-state index in [1.54, 1.807) is 6.20 Å². The molecule has 0 N–H and O–H groups in total. The Morgan fingerprint density at radius 2 is 1.54 bits per heavy atom. The summed E-state index contributed by atoms with van der Waals surface area (Å²) in [6.07, 6.45) is 4.01. The summed E-state index contributed by atoms with van der Waals surface area (Å²) >= 11 is 0. The van der Waals surface area contributed by atoms with Crippen LogP contribution in [0.25, 0.3) is 0 Å². The van der Waals surface area contributed by atoms with Crippen molar-refractivity contribution in [1.29, 1.82) is 0 Å². The minimum absolute atomic E-state index is 0.139. The van der Waals surface area contributed by atoms with Crippen LogP contribution in [-0.2, 0) is 9.59 Å². The second-order valence-electron chi connectivity index (χ2n) is 3.40. The standard InChI is InChI=1S/C10H15NO2/c1-8(12)10(9(2)13)7-11-5-3-4-6-11/h7H,3-6H2,1-2H3. The van der Waals surface area contributed by atoms with Crippen molar-refractivity contribution >= 4 is 11.6 Å². The molecule has 0 radical (unpaired) electrons. The molecule has 13 heavy (non-hydrogen) atoms. The summed E-state index contributed by atoms with van der Waals surface area (Å²) in [6, 6.07) is 0. The first kappa shape index (κ1) is 9.96. The van der Waals surface area contributed by atoms with Gasteiger partial charge in [-0.1, -0.05) is 0 Å². The van der Waals surface area contributed by atoms with Crippen LogP contribution in [0.5, 0.6) is 0 Å². The summed E-state index contributed by atoms with van der Waals surface area (Å²) in [7, 11) is 0. The van der Waals surface area contributed by atoms with Gasteiger partial charge in [-0.05, 0) is 26.7 Å². The Kier molecular flexibility index (Phi) is 3.23. The predicted octanol–water partition coefficient (Wildman–Crippen LogP) is 1.14. The van der Waals surface area contributed by atoms with E-state index < -0.39 is 0 Å². The molecule has 0 aliphatic carbocycles. The molecule has 1 aliphatic heterocycles. The maximum atomic E-state index is 11.1. The van der Waals surface area contributed by atoms with Crippen LogP contribution < -0.4 is 0 Å². The van der Waals surface area contributed by atoms with Gasteiger partial charge >= 0.3 is 0 Å². The maximum absolute atomic E-state index is 11.1. The number of carbonyl (C=O) groups is 2. The predicted molar refractivity (Wildman–Crippen MR) is 50.3 cm³/mol. The minimum Gasteiger partial charge on any atom is -0.377 e. The van der Waals surface area contributed by atoms with Crippen LogP contribution in [0.15, 0.2) is 11.8 Å². The molecule has 3 heteroatoms. The van der Waals surface area contributed by atoms with Gasteiger partial charge < -0.3 is 4.90 Å². The Morgan fingerprint density at radius 3 is 1.92 bits per heavy atom. The number of carbonyl (C=O) groups excluding carboxylic acids is 2. The zero-order valence-electron chi connectivity index (χ0n) is 8.17. The van der Waals surface area contributed by atoms with Gasteiger partial charge in [0, 0.05) is 19.3 Å². The number of likely N-dealkylation sites (tertiary alicyclic amines) is 1. The van der Waals surface area contributed by atoms with Crippen LogP contribution in [0, 0.1) is 0 Å². The zero-order chi connectivity index (χ0) is 9.84. The van der Waals surface area contributed by atoms with Crippen molar-refractivity contribution in [3.8, 4) is 0 Å². The van der Waals surface area contributed by atoms with E-state index in [2.05, 4.69) is 0 Å². The first-order valence-electron chi connectivity index (χ1n) is 4.59. The molecular weight excluding hydrogens is 166 g/mol. The molecule has 1 fully saturated rings. The van der Waals surface area contributed by atoms with Crippen LogP contribution >= 0.6 is 0 Å². The Bertz CT molecular complexity index is 234. The van der Waals surface area contributed by atoms with E-state index in [4.69, 9.17) is 0 Å². The van der Waals surface area contributed by atoms with Crippen molar-refractivity contribution in [3.63, 3.8) is 0 Å². The second kappa shape index (κ2) is 4.21. The minimum atomic E-state index is -0.139. The summed E-state index contributed by atoms with van der Waals surface area (Å²) in [5.74, 6) is -0.279. The van der Waals surface area contributed by atoms with Gasteiger partial charge in [0.05, 0.1) is 5.57 Å². The van der Waals surface area contributed by atoms with E-state index in [1.807, 2.05) is 4.90 Å². The number of allylic oxidation sites excluding steroid dienone is 1. The Labute approximate surface area is 78.4 Å². The quantitative estimate of drug-likeness (QED) is 0.372. The largest absolute Gasteiger partial charge is 0.377 e. The number of nitrogens with zero attached hydrogens (tertiary/aromatic N) is 1. The maximum Gasteiger partial charge on any atom is 0.164 e. The molecule has 0 aromatic heterocycles. The molecule has 72 valence electrons. The number of ketones is 2. The van der Waals surface area contributed by atoms with Gasteiger partial charge in [-0.25, -0.2) is 0 Å². The van der Waals surface area contributed by atoms with E-state index in [-0.39, 0.29) is 11.6 Å². The summed E-state index contributed by atoms with van der Waals surface area (Å²) in [4.78, 5) is 24.2. The van der Waals surface area contributed by atoms with Gasteiger partial charge in [-0.3, -0.25) is 9.59 Å². The third kappa shape index (κ3) is 2.68. The van der Waals surface area contributed by atoms with Gasteiger partial charge in [0.15, 0.2) is 11.6 Å². The lowest BCUT2D eigenvalue weighted by Crippen LogP contribution is -2.16. The second-order valence-corrected chi connectivity index (χ2v) is 3.40. The van der Waals surface area contributed by atoms with E-state index in [1.165, 1.54) is 13.8 Å². The normalized spacial score (nSPS) is 15.7. The SMILES string of the molecule is CC(=O)C(=CN1CCCC1)C(C)=O. The van der Waals surface area contributed by atoms with Crippen LogP contribution in [0.1, 0.15) is 26.7 Å². The third-order valence-electron chi connectivity index (χ3n) is 2.21. The first-order chi connectivity index (χ1) is 6.11. The highest BCUT2D eigenvalue weighted by molar-refractivity contribution is 6.18.